The van der Waals surface area contributed by atoms with E-state index in [0.717, 1.165) is 37.3 Å². The minimum absolute atomic E-state index is 0.0220. The largest absolute Gasteiger partial charge is 0.489 e. The number of carbonyl (C=O) groups excluding carboxylic acids is 4. The summed E-state index contributed by atoms with van der Waals surface area (Å²) in [5, 5.41) is 18.8. The van der Waals surface area contributed by atoms with Gasteiger partial charge in [-0.25, -0.2) is 28.1 Å². The van der Waals surface area contributed by atoms with E-state index in [4.69, 9.17) is 9.47 Å². The summed E-state index contributed by atoms with van der Waals surface area (Å²) in [6.07, 6.45) is 3.45. The number of nitrogens with one attached hydrogen (secondary N) is 4. The SMILES string of the molecule is Cc1cc(F)c2c(c1)OC[C@H](NC(=O)c1nc3n(n1)[C@@H](C(C)C)CC3)C(=O)N2.Cc1cc(F)c2c(c1)OC[C@H](NC(=O)c1nc3n(n1)[C@H](C(C)C)CC3)C(=O)N2. The molecule has 0 saturated carbocycles. The number of hydrogen-bond acceptors (Lipinski definition) is 10. The molecule has 0 spiro atoms. The van der Waals surface area contributed by atoms with Crippen molar-refractivity contribution in [3.63, 3.8) is 0 Å². The van der Waals surface area contributed by atoms with E-state index in [1.54, 1.807) is 35.3 Å². The van der Waals surface area contributed by atoms with Crippen LogP contribution in [0.15, 0.2) is 24.3 Å². The molecule has 2 aromatic heterocycles. The molecule has 4 N–H and O–H groups in total. The van der Waals surface area contributed by atoms with Gasteiger partial charge in [0, 0.05) is 12.8 Å². The number of fused-ring (bicyclic) bond motifs is 4. The Bertz CT molecular complexity index is 2060. The fourth-order valence-electron chi connectivity index (χ4n) is 7.27. The molecule has 0 aliphatic carbocycles. The van der Waals surface area contributed by atoms with Crippen LogP contribution in [0.2, 0.25) is 0 Å². The van der Waals surface area contributed by atoms with Crippen molar-refractivity contribution in [2.24, 2.45) is 11.8 Å². The molecule has 0 radical (unpaired) electrons. The number of anilines is 2. The van der Waals surface area contributed by atoms with Gasteiger partial charge in [0.25, 0.3) is 23.6 Å². The Balaban J connectivity index is 0.000000172. The van der Waals surface area contributed by atoms with Crippen LogP contribution >= 0.6 is 0 Å². The van der Waals surface area contributed by atoms with Crippen molar-refractivity contribution in [1.29, 1.82) is 0 Å². The predicted octanol–water partition coefficient (Wildman–Crippen LogP) is 4.00. The molecule has 296 valence electrons. The van der Waals surface area contributed by atoms with Crippen molar-refractivity contribution >= 4 is 35.0 Å². The zero-order chi connectivity index (χ0) is 40.0. The Morgan fingerprint density at radius 1 is 0.714 bits per heavy atom. The third-order valence-electron chi connectivity index (χ3n) is 10.3. The number of aryl methyl sites for hydroxylation is 4. The minimum Gasteiger partial charge on any atom is -0.489 e. The van der Waals surface area contributed by atoms with Crippen LogP contribution in [-0.4, -0.2) is 78.5 Å². The van der Waals surface area contributed by atoms with Crippen molar-refractivity contribution in [1.82, 2.24) is 40.2 Å². The van der Waals surface area contributed by atoms with Crippen molar-refractivity contribution in [2.75, 3.05) is 23.8 Å². The third-order valence-corrected chi connectivity index (χ3v) is 10.3. The van der Waals surface area contributed by atoms with Crippen molar-refractivity contribution in [3.8, 4) is 11.5 Å². The number of benzene rings is 2. The second kappa shape index (κ2) is 15.3. The molecular weight excluding hydrogens is 730 g/mol. The van der Waals surface area contributed by atoms with Gasteiger partial charge in [-0.1, -0.05) is 27.7 Å². The zero-order valence-electron chi connectivity index (χ0n) is 31.9. The van der Waals surface area contributed by atoms with Crippen LogP contribution in [0.25, 0.3) is 0 Å². The highest BCUT2D eigenvalue weighted by molar-refractivity contribution is 6.02. The zero-order valence-corrected chi connectivity index (χ0v) is 31.9. The molecule has 4 aliphatic heterocycles. The van der Waals surface area contributed by atoms with Gasteiger partial charge in [-0.15, -0.1) is 10.2 Å². The lowest BCUT2D eigenvalue weighted by atomic mass is 10.0. The van der Waals surface area contributed by atoms with Crippen molar-refractivity contribution in [2.45, 2.75) is 91.4 Å². The number of ether oxygens (including phenoxy) is 2. The Labute approximate surface area is 321 Å². The molecule has 56 heavy (non-hydrogen) atoms. The smallest absolute Gasteiger partial charge is 0.291 e. The normalized spacial score (nSPS) is 20.8. The van der Waals surface area contributed by atoms with Crippen LogP contribution < -0.4 is 30.7 Å². The number of aromatic nitrogens is 6. The molecule has 4 aromatic rings. The van der Waals surface area contributed by atoms with Crippen LogP contribution in [0.4, 0.5) is 20.2 Å². The highest BCUT2D eigenvalue weighted by Gasteiger charge is 2.34. The number of halogens is 2. The molecule has 18 heteroatoms. The van der Waals surface area contributed by atoms with Crippen LogP contribution in [0.3, 0.4) is 0 Å². The molecule has 4 aliphatic rings. The second-order valence-electron chi connectivity index (χ2n) is 15.2. The van der Waals surface area contributed by atoms with Gasteiger partial charge in [0.2, 0.25) is 11.6 Å². The van der Waals surface area contributed by atoms with E-state index in [2.05, 4.69) is 69.1 Å². The lowest BCUT2D eigenvalue weighted by Gasteiger charge is -2.15. The number of hydrogen-bond donors (Lipinski definition) is 4. The summed E-state index contributed by atoms with van der Waals surface area (Å²) < 4.78 is 43.0. The molecule has 4 amide bonds. The van der Waals surface area contributed by atoms with E-state index in [1.807, 2.05) is 0 Å². The van der Waals surface area contributed by atoms with Gasteiger partial charge in [0.1, 0.15) is 59.8 Å². The first-order valence-electron chi connectivity index (χ1n) is 18.7. The molecule has 8 rings (SSSR count). The Hall–Kier alpha value is -5.94. The number of nitrogens with zero attached hydrogens (tertiary/aromatic N) is 6. The third kappa shape index (κ3) is 7.64. The topological polar surface area (TPSA) is 196 Å². The number of rotatable bonds is 6. The van der Waals surface area contributed by atoms with Crippen LogP contribution in [-0.2, 0) is 22.4 Å². The van der Waals surface area contributed by atoms with E-state index in [-0.39, 0.29) is 59.8 Å². The van der Waals surface area contributed by atoms with Gasteiger partial charge in [-0.05, 0) is 73.9 Å². The van der Waals surface area contributed by atoms with E-state index < -0.39 is 47.3 Å². The van der Waals surface area contributed by atoms with Crippen molar-refractivity contribution in [3.05, 3.63) is 70.3 Å². The summed E-state index contributed by atoms with van der Waals surface area (Å²) in [4.78, 5) is 58.7. The summed E-state index contributed by atoms with van der Waals surface area (Å²) in [6, 6.07) is 4.35. The number of carbonyl (C=O) groups is 4. The molecule has 0 fully saturated rings. The Morgan fingerprint density at radius 3 is 1.48 bits per heavy atom. The second-order valence-corrected chi connectivity index (χ2v) is 15.2. The molecule has 0 bridgehead atoms. The molecule has 6 heterocycles. The highest BCUT2D eigenvalue weighted by Crippen LogP contribution is 2.34. The Morgan fingerprint density at radius 2 is 1.11 bits per heavy atom. The van der Waals surface area contributed by atoms with Gasteiger partial charge in [0.15, 0.2) is 11.6 Å². The summed E-state index contributed by atoms with van der Waals surface area (Å²) in [5.41, 5.74) is 1.30. The maximum Gasteiger partial charge on any atom is 0.291 e. The maximum atomic E-state index is 14.1. The first kappa shape index (κ1) is 38.3. The molecule has 2 aromatic carbocycles. The lowest BCUT2D eigenvalue weighted by Crippen LogP contribution is -2.46. The monoisotopic (exact) mass is 774 g/mol. The standard InChI is InChI=1S/2C19H22FN5O3/c2*1-9(2)13-4-5-15-22-17(24-25(13)15)19(27)21-12-8-28-14-7-10(3)6-11(20)16(14)23-18(12)26/h2*6-7,9,12-13H,4-5,8H2,1-3H3,(H,21,27)(H,23,26)/t12-,13+;12-,13-/m00/s1. The fourth-order valence-corrected chi connectivity index (χ4v) is 7.27. The first-order valence-corrected chi connectivity index (χ1v) is 18.7. The van der Waals surface area contributed by atoms with Crippen LogP contribution in [0.1, 0.15) is 96.6 Å². The quantitative estimate of drug-likeness (QED) is 0.222. The van der Waals surface area contributed by atoms with E-state index in [9.17, 15) is 28.0 Å². The van der Waals surface area contributed by atoms with Gasteiger partial charge in [0.05, 0.1) is 12.1 Å². The summed E-state index contributed by atoms with van der Waals surface area (Å²) in [7, 11) is 0. The Kier molecular flexibility index (Phi) is 10.5. The van der Waals surface area contributed by atoms with Gasteiger partial charge >= 0.3 is 0 Å². The minimum atomic E-state index is -0.987. The van der Waals surface area contributed by atoms with Crippen LogP contribution in [0.5, 0.6) is 11.5 Å². The van der Waals surface area contributed by atoms with E-state index in [0.29, 0.717) is 23.0 Å². The van der Waals surface area contributed by atoms with Gasteiger partial charge in [-0.2, -0.15) is 0 Å². The molecule has 4 atom stereocenters. The predicted molar refractivity (Wildman–Crippen MR) is 197 cm³/mol. The highest BCUT2D eigenvalue weighted by atomic mass is 19.1. The van der Waals surface area contributed by atoms with Crippen molar-refractivity contribution < 1.29 is 37.4 Å². The number of amides is 4. The van der Waals surface area contributed by atoms with Gasteiger partial charge in [-0.3, -0.25) is 19.2 Å². The first-order chi connectivity index (χ1) is 26.7. The van der Waals surface area contributed by atoms with Crippen LogP contribution in [0, 0.1) is 37.3 Å². The van der Waals surface area contributed by atoms with E-state index in [1.165, 1.54) is 12.1 Å². The lowest BCUT2D eigenvalue weighted by molar-refractivity contribution is -0.119. The van der Waals surface area contributed by atoms with E-state index >= 15 is 0 Å². The summed E-state index contributed by atoms with van der Waals surface area (Å²) >= 11 is 0. The summed E-state index contributed by atoms with van der Waals surface area (Å²) in [6.45, 7) is 11.6. The summed E-state index contributed by atoms with van der Waals surface area (Å²) in [5.74, 6) is -0.546. The molecule has 0 saturated heterocycles. The molecule has 16 nitrogen and oxygen atoms in total. The van der Waals surface area contributed by atoms with Gasteiger partial charge < -0.3 is 30.7 Å². The molecular formula is C38H44F2N10O6. The average molecular weight is 775 g/mol. The maximum absolute atomic E-state index is 14.1. The fraction of sp³-hybridized carbons (Fsp3) is 0.474. The molecule has 0 unspecified atom stereocenters. The average Bonchev–Trinajstić information content (AvgIpc) is 3.89.